The Kier molecular flexibility index (Phi) is 14.5. The lowest BCUT2D eigenvalue weighted by atomic mass is 9.33. The van der Waals surface area contributed by atoms with E-state index in [0.717, 1.165) is 33.8 Å². The molecule has 0 fully saturated rings. The number of aromatic nitrogens is 2. The highest BCUT2D eigenvalue weighted by molar-refractivity contribution is 7.26. The normalized spacial score (nSPS) is 13.1. The van der Waals surface area contributed by atoms with Gasteiger partial charge in [0.1, 0.15) is 0 Å². The molecule has 0 spiro atoms. The third-order valence-corrected chi connectivity index (χ3v) is 25.8. The summed E-state index contributed by atoms with van der Waals surface area (Å²) < 4.78 is 10.1. The van der Waals surface area contributed by atoms with E-state index in [1.807, 2.05) is 22.7 Å². The van der Waals surface area contributed by atoms with E-state index in [0.29, 0.717) is 0 Å². The molecule has 109 heavy (non-hydrogen) atoms. The van der Waals surface area contributed by atoms with Gasteiger partial charge in [-0.1, -0.05) is 281 Å². The second-order valence-electron chi connectivity index (χ2n) is 33.2. The van der Waals surface area contributed by atoms with Crippen molar-refractivity contribution < 1.29 is 0 Å². The Morgan fingerprint density at radius 1 is 0.257 bits per heavy atom. The Bertz CT molecular complexity index is 6600. The first-order valence-electron chi connectivity index (χ1n) is 38.3. The van der Waals surface area contributed by atoms with Gasteiger partial charge in [-0.2, -0.15) is 0 Å². The topological polar surface area (TPSA) is 16.3 Å². The number of anilines is 6. The molecule has 2 aliphatic heterocycles. The van der Waals surface area contributed by atoms with Gasteiger partial charge in [0.05, 0.1) is 33.4 Å². The number of thiophene rings is 2. The average molecular weight is 1440 g/mol. The van der Waals surface area contributed by atoms with Crippen LogP contribution < -0.4 is 26.2 Å². The van der Waals surface area contributed by atoms with Gasteiger partial charge in [-0.3, -0.25) is 0 Å². The highest BCUT2D eigenvalue weighted by atomic mass is 32.1. The molecule has 0 unspecified atom stereocenters. The molecule has 7 heteroatoms. The first kappa shape index (κ1) is 65.3. The van der Waals surface area contributed by atoms with Crippen LogP contribution in [0.15, 0.2) is 315 Å². The van der Waals surface area contributed by atoms with Crippen molar-refractivity contribution in [3.63, 3.8) is 0 Å². The predicted octanol–water partition coefficient (Wildman–Crippen LogP) is 27.3. The maximum atomic E-state index is 2.78. The monoisotopic (exact) mass is 1430 g/mol. The average Bonchev–Trinajstić information content (AvgIpc) is 1.41. The minimum Gasteiger partial charge on any atom is -0.310 e. The SMILES string of the molecule is CC(C)(C)c1cccc(-c2ccc3sc4ccccc4c3c2N2c3cc(-n4c5ccccc5c5cc(-c6ccccc6)ccc54)ccc3B3c4ccc(-n5c6ccccc6c6cc(-c7ccccc7)ccc65)cc4N(c4c(-c5cccc(C(C)(C)C)c5)ccc5sc6ccccc6c45)c4cc(C(C)(C)C)cc2c43)c1. The fourth-order valence-corrected chi connectivity index (χ4v) is 20.3. The highest BCUT2D eigenvalue weighted by Gasteiger charge is 2.46. The van der Waals surface area contributed by atoms with E-state index in [1.54, 1.807) is 0 Å². The maximum Gasteiger partial charge on any atom is 0.252 e. The lowest BCUT2D eigenvalue weighted by molar-refractivity contribution is 0.590. The van der Waals surface area contributed by atoms with Crippen LogP contribution >= 0.6 is 22.7 Å². The van der Waals surface area contributed by atoms with E-state index in [4.69, 9.17) is 0 Å². The molecule has 19 aromatic rings. The fraction of sp³-hybridized carbons (Fsp3) is 0.118. The van der Waals surface area contributed by atoms with Crippen LogP contribution in [0.2, 0.25) is 0 Å². The molecule has 15 aromatic carbocycles. The number of fused-ring (bicyclic) bond motifs is 16. The van der Waals surface area contributed by atoms with E-state index >= 15 is 0 Å². The third kappa shape index (κ3) is 10.2. The highest BCUT2D eigenvalue weighted by Crippen LogP contribution is 2.57. The van der Waals surface area contributed by atoms with Crippen molar-refractivity contribution in [2.45, 2.75) is 78.6 Å². The molecule has 0 aliphatic carbocycles. The Morgan fingerprint density at radius 2 is 0.642 bits per heavy atom. The molecule has 2 aliphatic rings. The smallest absolute Gasteiger partial charge is 0.252 e. The van der Waals surface area contributed by atoms with Crippen molar-refractivity contribution in [2.75, 3.05) is 9.80 Å². The minimum absolute atomic E-state index is 0.104. The molecule has 0 saturated heterocycles. The summed E-state index contributed by atoms with van der Waals surface area (Å²) in [5.41, 5.74) is 30.5. The Morgan fingerprint density at radius 3 is 1.07 bits per heavy atom. The van der Waals surface area contributed by atoms with Gasteiger partial charge in [-0.05, 0) is 180 Å². The summed E-state index contributed by atoms with van der Waals surface area (Å²) in [6.45, 7) is 21.1. The zero-order chi connectivity index (χ0) is 73.5. The first-order valence-corrected chi connectivity index (χ1v) is 40.0. The zero-order valence-corrected chi connectivity index (χ0v) is 64.3. The molecular weight excluding hydrogens is 1360 g/mol. The van der Waals surface area contributed by atoms with Crippen LogP contribution in [-0.2, 0) is 16.2 Å². The number of hydrogen-bond acceptors (Lipinski definition) is 4. The predicted molar refractivity (Wildman–Crippen MR) is 473 cm³/mol. The standard InChI is InChI=1S/C102H79BN4S2/c1-100(2,3)68-32-24-30-66(54-68)73-46-52-93-95(77-36-18-22-40-91(77)108-93)98(73)106-87-60-71(104-83-38-20-16-34-75(83)79-56-64(42-50-85(79)104)62-26-12-10-13-27-62)44-48-81(87)103-82-49-45-72(105-84-39-21-17-35-76(84)80-57-65(43-51-86(80)105)63-28-14-11-15-29-63)61-88(82)107(90-59-70(102(7,8)9)58-89(106)97(90)103)99-74(67-31-25-33-69(55-67)101(4,5)6)47-53-94-96(99)78-37-19-23-41-92(78)109-94/h10-61H,1-9H3. The molecule has 0 amide bonds. The van der Waals surface area contributed by atoms with Gasteiger partial charge >= 0.3 is 0 Å². The molecule has 522 valence electrons. The molecule has 6 heterocycles. The van der Waals surface area contributed by atoms with Crippen molar-refractivity contribution in [3.8, 4) is 55.9 Å². The Balaban J connectivity index is 0.925. The number of para-hydroxylation sites is 2. The van der Waals surface area contributed by atoms with Crippen molar-refractivity contribution in [1.82, 2.24) is 9.13 Å². The van der Waals surface area contributed by atoms with Gasteiger partial charge in [-0.25, -0.2) is 0 Å². The van der Waals surface area contributed by atoms with Crippen LogP contribution in [0.4, 0.5) is 34.1 Å². The third-order valence-electron chi connectivity index (χ3n) is 23.5. The summed E-state index contributed by atoms with van der Waals surface area (Å²) in [5.74, 6) is 0. The second kappa shape index (κ2) is 24.3. The molecule has 4 nitrogen and oxygen atoms in total. The minimum atomic E-state index is -0.332. The summed E-state index contributed by atoms with van der Waals surface area (Å²) in [7, 11) is 0. The van der Waals surface area contributed by atoms with Gasteiger partial charge in [0, 0.05) is 107 Å². The van der Waals surface area contributed by atoms with Crippen LogP contribution in [-0.4, -0.2) is 15.8 Å². The molecule has 4 aromatic heterocycles. The van der Waals surface area contributed by atoms with Crippen molar-refractivity contribution in [1.29, 1.82) is 0 Å². The number of rotatable bonds is 8. The molecule has 0 N–H and O–H groups in total. The van der Waals surface area contributed by atoms with Crippen LogP contribution in [0.3, 0.4) is 0 Å². The van der Waals surface area contributed by atoms with E-state index in [9.17, 15) is 0 Å². The molecule has 0 bridgehead atoms. The van der Waals surface area contributed by atoms with Gasteiger partial charge in [0.15, 0.2) is 0 Å². The molecule has 0 atom stereocenters. The lowest BCUT2D eigenvalue weighted by Crippen LogP contribution is -2.61. The quantitative estimate of drug-likeness (QED) is 0.141. The van der Waals surface area contributed by atoms with E-state index in [-0.39, 0.29) is 23.0 Å². The Hall–Kier alpha value is -12.0. The van der Waals surface area contributed by atoms with Gasteiger partial charge in [0.25, 0.3) is 6.71 Å². The summed E-state index contributed by atoms with van der Waals surface area (Å²) in [5, 5.41) is 9.91. The van der Waals surface area contributed by atoms with Gasteiger partial charge in [0.2, 0.25) is 0 Å². The van der Waals surface area contributed by atoms with Crippen molar-refractivity contribution in [3.05, 3.63) is 332 Å². The number of hydrogen-bond donors (Lipinski definition) is 0. The Labute approximate surface area is 644 Å². The fourth-order valence-electron chi connectivity index (χ4n) is 18.1. The van der Waals surface area contributed by atoms with E-state index in [2.05, 4.69) is 397 Å². The first-order chi connectivity index (χ1) is 53.0. The van der Waals surface area contributed by atoms with Crippen LogP contribution in [0.1, 0.15) is 79.0 Å². The largest absolute Gasteiger partial charge is 0.310 e. The van der Waals surface area contributed by atoms with Gasteiger partial charge < -0.3 is 18.9 Å². The molecule has 0 saturated carbocycles. The summed E-state index contributed by atoms with van der Waals surface area (Å²) in [6.07, 6.45) is 0. The summed E-state index contributed by atoms with van der Waals surface area (Å²) >= 11 is 3.80. The molecule has 0 radical (unpaired) electrons. The number of nitrogens with zero attached hydrogens (tertiary/aromatic N) is 4. The van der Waals surface area contributed by atoms with Crippen molar-refractivity contribution >= 4 is 164 Å². The van der Waals surface area contributed by atoms with Crippen LogP contribution in [0, 0.1) is 0 Å². The van der Waals surface area contributed by atoms with E-state index in [1.165, 1.54) is 173 Å². The van der Waals surface area contributed by atoms with Gasteiger partial charge in [-0.15, -0.1) is 22.7 Å². The lowest BCUT2D eigenvalue weighted by Gasteiger charge is -2.46. The van der Waals surface area contributed by atoms with Crippen molar-refractivity contribution in [2.24, 2.45) is 0 Å². The van der Waals surface area contributed by atoms with Crippen LogP contribution in [0.25, 0.3) is 140 Å². The summed E-state index contributed by atoms with van der Waals surface area (Å²) in [4.78, 5) is 5.55. The second-order valence-corrected chi connectivity index (χ2v) is 35.4. The van der Waals surface area contributed by atoms with E-state index < -0.39 is 0 Å². The molecule has 21 rings (SSSR count). The molecular formula is C102H79BN4S2. The number of benzene rings is 15. The maximum absolute atomic E-state index is 2.78. The summed E-state index contributed by atoms with van der Waals surface area (Å²) in [6, 6.07) is 121. The van der Waals surface area contributed by atoms with Crippen LogP contribution in [0.5, 0.6) is 0 Å². The zero-order valence-electron chi connectivity index (χ0n) is 62.7.